The van der Waals surface area contributed by atoms with Gasteiger partial charge in [0, 0.05) is 22.7 Å². The van der Waals surface area contributed by atoms with Gasteiger partial charge >= 0.3 is 0 Å². The summed E-state index contributed by atoms with van der Waals surface area (Å²) in [6.45, 7) is 1.63. The molecule has 11 heteroatoms. The minimum Gasteiger partial charge on any atom is -0.272 e. The number of carbonyl (C=O) groups excluding carboxylic acids is 1. The molecule has 0 spiro atoms. The lowest BCUT2D eigenvalue weighted by Crippen LogP contribution is -2.24. The lowest BCUT2D eigenvalue weighted by atomic mass is 10.1. The molecule has 0 saturated carbocycles. The highest BCUT2D eigenvalue weighted by Gasteiger charge is 2.15. The number of para-hydroxylation sites is 1. The van der Waals surface area contributed by atoms with E-state index in [1.807, 2.05) is 0 Å². The number of nitro benzene ring substituents is 1. The molecule has 0 aliphatic heterocycles. The van der Waals surface area contributed by atoms with Gasteiger partial charge < -0.3 is 0 Å². The lowest BCUT2D eigenvalue weighted by Gasteiger charge is -2.13. The van der Waals surface area contributed by atoms with E-state index in [9.17, 15) is 19.7 Å². The Balaban J connectivity index is 1.56. The molecule has 0 atom stereocenters. The number of nitro groups is 1. The molecule has 4 aromatic rings. The highest BCUT2D eigenvalue weighted by atomic mass is 35.5. The first-order valence-corrected chi connectivity index (χ1v) is 11.7. The van der Waals surface area contributed by atoms with Crippen molar-refractivity contribution in [3.63, 3.8) is 0 Å². The second-order valence-corrected chi connectivity index (χ2v) is 8.74. The van der Waals surface area contributed by atoms with Crippen LogP contribution in [0.3, 0.4) is 0 Å². The summed E-state index contributed by atoms with van der Waals surface area (Å²) in [5.41, 5.74) is 4.13. The van der Waals surface area contributed by atoms with Crippen LogP contribution in [-0.4, -0.2) is 31.8 Å². The molecule has 1 amide bonds. The van der Waals surface area contributed by atoms with Crippen molar-refractivity contribution in [2.24, 2.45) is 5.10 Å². The average Bonchev–Trinajstić information content (AvgIpc) is 2.87. The zero-order valence-electron chi connectivity index (χ0n) is 18.3. The molecule has 3 aromatic carbocycles. The average molecular weight is 508 g/mol. The third kappa shape index (κ3) is 5.56. The molecule has 0 radical (unpaired) electrons. The van der Waals surface area contributed by atoms with Gasteiger partial charge in [0.15, 0.2) is 5.16 Å². The second kappa shape index (κ2) is 10.5. The fourth-order valence-electron chi connectivity index (χ4n) is 3.24. The summed E-state index contributed by atoms with van der Waals surface area (Å²) in [7, 11) is 0. The van der Waals surface area contributed by atoms with Crippen LogP contribution in [0.2, 0.25) is 5.02 Å². The number of hydrazone groups is 1. The molecular formula is C24H18ClN5O4S. The van der Waals surface area contributed by atoms with Crippen LogP contribution in [0.4, 0.5) is 5.69 Å². The van der Waals surface area contributed by atoms with Crippen LogP contribution >= 0.6 is 23.4 Å². The van der Waals surface area contributed by atoms with Crippen molar-refractivity contribution >= 4 is 51.6 Å². The maximum absolute atomic E-state index is 13.2. The highest BCUT2D eigenvalue weighted by molar-refractivity contribution is 7.99. The molecule has 35 heavy (non-hydrogen) atoms. The Kier molecular flexibility index (Phi) is 7.23. The fourth-order valence-corrected chi connectivity index (χ4v) is 4.18. The molecule has 176 valence electrons. The van der Waals surface area contributed by atoms with E-state index >= 15 is 0 Å². The third-order valence-electron chi connectivity index (χ3n) is 4.99. The van der Waals surface area contributed by atoms with Gasteiger partial charge in [-0.15, -0.1) is 0 Å². The number of hydrogen-bond acceptors (Lipinski definition) is 7. The van der Waals surface area contributed by atoms with E-state index in [1.54, 1.807) is 67.6 Å². The molecule has 0 aliphatic rings. The molecule has 4 rings (SSSR count). The van der Waals surface area contributed by atoms with Gasteiger partial charge in [-0.05, 0) is 43.3 Å². The van der Waals surface area contributed by atoms with Crippen LogP contribution in [0.15, 0.2) is 87.8 Å². The largest absolute Gasteiger partial charge is 0.272 e. The lowest BCUT2D eigenvalue weighted by molar-refractivity contribution is -0.384. The van der Waals surface area contributed by atoms with Crippen LogP contribution in [0.5, 0.6) is 0 Å². The van der Waals surface area contributed by atoms with Crippen LogP contribution < -0.4 is 11.0 Å². The van der Waals surface area contributed by atoms with Gasteiger partial charge in [-0.25, -0.2) is 10.4 Å². The monoisotopic (exact) mass is 507 g/mol. The van der Waals surface area contributed by atoms with Crippen LogP contribution in [0.1, 0.15) is 12.5 Å². The van der Waals surface area contributed by atoms with Crippen molar-refractivity contribution < 1.29 is 9.72 Å². The van der Waals surface area contributed by atoms with Gasteiger partial charge in [0.1, 0.15) is 0 Å². The predicted molar refractivity (Wildman–Crippen MR) is 137 cm³/mol. The Hall–Kier alpha value is -4.02. The number of fused-ring (bicyclic) bond motifs is 1. The van der Waals surface area contributed by atoms with Gasteiger partial charge in [0.25, 0.3) is 17.2 Å². The van der Waals surface area contributed by atoms with Crippen LogP contribution in [-0.2, 0) is 4.79 Å². The Morgan fingerprint density at radius 3 is 2.63 bits per heavy atom. The maximum Gasteiger partial charge on any atom is 0.270 e. The Labute approximate surface area is 208 Å². The standard InChI is InChI=1S/C24H18ClN5O4S/c1-15(16-5-4-6-19(13-16)30(33)34)27-28-22(31)14-35-24-26-21-8-3-2-7-20(21)23(32)29(24)18-11-9-17(25)10-12-18/h2-13H,14H2,1H3,(H,28,31). The van der Waals surface area contributed by atoms with E-state index in [4.69, 9.17) is 11.6 Å². The minimum absolute atomic E-state index is 0.0654. The summed E-state index contributed by atoms with van der Waals surface area (Å²) >= 11 is 7.08. The summed E-state index contributed by atoms with van der Waals surface area (Å²) in [6.07, 6.45) is 0. The maximum atomic E-state index is 13.2. The summed E-state index contributed by atoms with van der Waals surface area (Å²) in [4.78, 5) is 40.8. The molecule has 9 nitrogen and oxygen atoms in total. The van der Waals surface area contributed by atoms with Crippen molar-refractivity contribution in [1.82, 2.24) is 15.0 Å². The van der Waals surface area contributed by atoms with E-state index in [0.29, 0.717) is 38.0 Å². The molecule has 0 unspecified atom stereocenters. The predicted octanol–water partition coefficient (Wildman–Crippen LogP) is 4.58. The van der Waals surface area contributed by atoms with Gasteiger partial charge in [0.05, 0.1) is 33.0 Å². The number of carbonyl (C=O) groups is 1. The quantitative estimate of drug-likeness (QED) is 0.128. The Morgan fingerprint density at radius 1 is 1.14 bits per heavy atom. The van der Waals surface area contributed by atoms with Crippen molar-refractivity contribution in [2.75, 3.05) is 5.75 Å². The number of nitrogens with zero attached hydrogens (tertiary/aromatic N) is 4. The van der Waals surface area contributed by atoms with E-state index in [-0.39, 0.29) is 17.0 Å². The Bertz CT molecular complexity index is 1520. The zero-order valence-corrected chi connectivity index (χ0v) is 19.9. The third-order valence-corrected chi connectivity index (χ3v) is 6.18. The number of rotatable bonds is 7. The summed E-state index contributed by atoms with van der Waals surface area (Å²) in [5, 5.41) is 16.3. The molecular weight excluding hydrogens is 490 g/mol. The number of halogens is 1. The van der Waals surface area contributed by atoms with Gasteiger partial charge in [-0.1, -0.05) is 47.6 Å². The minimum atomic E-state index is -0.497. The summed E-state index contributed by atoms with van der Waals surface area (Å²) in [6, 6.07) is 19.7. The van der Waals surface area contributed by atoms with Crippen LogP contribution in [0.25, 0.3) is 16.6 Å². The highest BCUT2D eigenvalue weighted by Crippen LogP contribution is 2.22. The zero-order chi connectivity index (χ0) is 24.9. The second-order valence-electron chi connectivity index (χ2n) is 7.36. The SMILES string of the molecule is CC(=NNC(=O)CSc1nc2ccccc2c(=O)n1-c1ccc(Cl)cc1)c1cccc([N+](=O)[O-])c1. The fraction of sp³-hybridized carbons (Fsp3) is 0.0833. The topological polar surface area (TPSA) is 119 Å². The summed E-state index contributed by atoms with van der Waals surface area (Å²) < 4.78 is 1.44. The molecule has 1 N–H and O–H groups in total. The molecule has 0 bridgehead atoms. The van der Waals surface area contributed by atoms with Crippen molar-refractivity contribution in [2.45, 2.75) is 12.1 Å². The van der Waals surface area contributed by atoms with E-state index in [0.717, 1.165) is 11.8 Å². The van der Waals surface area contributed by atoms with Crippen LogP contribution in [0, 0.1) is 10.1 Å². The number of nitrogens with one attached hydrogen (secondary N) is 1. The Morgan fingerprint density at radius 2 is 1.89 bits per heavy atom. The summed E-state index contributed by atoms with van der Waals surface area (Å²) in [5.74, 6) is -0.491. The van der Waals surface area contributed by atoms with E-state index in [1.165, 1.54) is 16.7 Å². The molecule has 1 heterocycles. The van der Waals surface area contributed by atoms with Gasteiger partial charge in [-0.3, -0.25) is 24.3 Å². The number of amides is 1. The number of aromatic nitrogens is 2. The number of thioether (sulfide) groups is 1. The van der Waals surface area contributed by atoms with Crippen molar-refractivity contribution in [3.8, 4) is 5.69 Å². The van der Waals surface area contributed by atoms with Gasteiger partial charge in [-0.2, -0.15) is 5.10 Å². The number of benzene rings is 3. The number of hydrogen-bond donors (Lipinski definition) is 1. The first-order chi connectivity index (χ1) is 16.8. The van der Waals surface area contributed by atoms with E-state index in [2.05, 4.69) is 15.5 Å². The molecule has 1 aromatic heterocycles. The first kappa shape index (κ1) is 24.1. The van der Waals surface area contributed by atoms with E-state index < -0.39 is 10.8 Å². The molecule has 0 saturated heterocycles. The van der Waals surface area contributed by atoms with Crippen molar-refractivity contribution in [1.29, 1.82) is 0 Å². The number of non-ortho nitro benzene ring substituents is 1. The smallest absolute Gasteiger partial charge is 0.270 e. The first-order valence-electron chi connectivity index (χ1n) is 10.3. The molecule has 0 aliphatic carbocycles. The normalized spacial score (nSPS) is 11.4. The van der Waals surface area contributed by atoms with Crippen molar-refractivity contribution in [3.05, 3.63) is 104 Å². The van der Waals surface area contributed by atoms with Gasteiger partial charge in [0.2, 0.25) is 0 Å². The molecule has 0 fully saturated rings.